The molecule has 2 amide bonds. The van der Waals surface area contributed by atoms with Crippen molar-refractivity contribution in [1.82, 2.24) is 4.90 Å². The highest BCUT2D eigenvalue weighted by Gasteiger charge is 2.29. The number of carbonyl (C=O) groups is 4. The van der Waals surface area contributed by atoms with Gasteiger partial charge < -0.3 is 20.5 Å². The molecular weight excluding hydrogens is 635 g/mol. The van der Waals surface area contributed by atoms with Crippen LogP contribution in [0.4, 0.5) is 10.7 Å². The number of ether oxygens (including phenoxy) is 1. The lowest BCUT2D eigenvalue weighted by molar-refractivity contribution is -0.113. The monoisotopic (exact) mass is 665 g/mol. The molecule has 2 heterocycles. The number of esters is 1. The fraction of sp³-hybridized carbons (Fsp3) is 0.167. The number of nitrogens with zero attached hydrogens (tertiary/aromatic N) is 1. The fourth-order valence-electron chi connectivity index (χ4n) is 5.72. The van der Waals surface area contributed by atoms with E-state index in [1.807, 2.05) is 24.3 Å². The highest BCUT2D eigenvalue weighted by Crippen LogP contribution is 2.38. The molecule has 238 valence electrons. The predicted molar refractivity (Wildman–Crippen MR) is 185 cm³/mol. The Balaban J connectivity index is 1.12. The van der Waals surface area contributed by atoms with Crippen LogP contribution in [0.1, 0.15) is 47.1 Å². The van der Waals surface area contributed by atoms with E-state index in [0.717, 1.165) is 28.4 Å². The Morgan fingerprint density at radius 2 is 1.66 bits per heavy atom. The average molecular weight is 666 g/mol. The van der Waals surface area contributed by atoms with E-state index in [0.29, 0.717) is 40.0 Å². The molecule has 1 aliphatic heterocycles. The molecule has 0 spiro atoms. The summed E-state index contributed by atoms with van der Waals surface area (Å²) < 4.78 is 5.09. The number of thioether (sulfide) groups is 1. The molecule has 0 atom stereocenters. The van der Waals surface area contributed by atoms with Gasteiger partial charge in [0.25, 0.3) is 5.91 Å². The minimum absolute atomic E-state index is 0.0510. The molecule has 0 saturated carbocycles. The van der Waals surface area contributed by atoms with Crippen molar-refractivity contribution in [2.75, 3.05) is 30.0 Å². The highest BCUT2D eigenvalue weighted by atomic mass is 32.2. The van der Waals surface area contributed by atoms with E-state index in [4.69, 9.17) is 4.74 Å². The van der Waals surface area contributed by atoms with Gasteiger partial charge in [-0.05, 0) is 53.3 Å². The smallest absolute Gasteiger partial charge is 0.341 e. The van der Waals surface area contributed by atoms with Crippen molar-refractivity contribution in [3.05, 3.63) is 124 Å². The molecular formula is C36H31N3O6S2. The molecule has 0 fully saturated rings. The van der Waals surface area contributed by atoms with Gasteiger partial charge >= 0.3 is 11.9 Å². The molecule has 4 aromatic carbocycles. The van der Waals surface area contributed by atoms with Crippen molar-refractivity contribution in [2.24, 2.45) is 0 Å². The Morgan fingerprint density at radius 1 is 0.915 bits per heavy atom. The largest absolute Gasteiger partial charge is 0.478 e. The Morgan fingerprint density at radius 3 is 2.40 bits per heavy atom. The average Bonchev–Trinajstić information content (AvgIpc) is 3.43. The maximum absolute atomic E-state index is 13.3. The van der Waals surface area contributed by atoms with Crippen molar-refractivity contribution in [1.29, 1.82) is 0 Å². The topological polar surface area (TPSA) is 125 Å². The van der Waals surface area contributed by atoms with Crippen LogP contribution in [0.25, 0.3) is 10.8 Å². The number of anilines is 2. The Labute approximate surface area is 279 Å². The van der Waals surface area contributed by atoms with E-state index in [2.05, 4.69) is 27.7 Å². The molecule has 0 aliphatic carbocycles. The van der Waals surface area contributed by atoms with Gasteiger partial charge in [0.1, 0.15) is 5.00 Å². The summed E-state index contributed by atoms with van der Waals surface area (Å²) in [4.78, 5) is 55.2. The first kappa shape index (κ1) is 32.0. The van der Waals surface area contributed by atoms with Crippen molar-refractivity contribution in [2.45, 2.75) is 24.4 Å². The number of nitrogens with one attached hydrogen (secondary N) is 2. The van der Waals surface area contributed by atoms with Gasteiger partial charge in [0, 0.05) is 46.0 Å². The minimum Gasteiger partial charge on any atom is -0.478 e. The molecule has 47 heavy (non-hydrogen) atoms. The zero-order valence-electron chi connectivity index (χ0n) is 25.4. The van der Waals surface area contributed by atoms with E-state index in [-0.39, 0.29) is 22.8 Å². The summed E-state index contributed by atoms with van der Waals surface area (Å²) in [6.07, 6.45) is 0.683. The third-order valence-corrected chi connectivity index (χ3v) is 9.99. The number of hydrogen-bond acceptors (Lipinski definition) is 8. The standard InChI is InChI=1S/C36H31N3O6S2/c1-45-36(44)32-26-16-17-39(19-22-8-3-2-4-9-22)20-29(26)47-34(32)38-30(40)21-46-25-13-7-12-24(18-25)37-33(41)27-14-5-10-23-11-6-15-28(31(23)27)35(42)43/h2-15,18H,16-17,19-21H2,1H3,(H,37,41)(H,38,40)(H,42,43). The van der Waals surface area contributed by atoms with Gasteiger partial charge in [0.15, 0.2) is 0 Å². The lowest BCUT2D eigenvalue weighted by Gasteiger charge is -2.27. The molecule has 0 bridgehead atoms. The molecule has 9 nitrogen and oxygen atoms in total. The molecule has 3 N–H and O–H groups in total. The Hall–Kier alpha value is -4.97. The maximum Gasteiger partial charge on any atom is 0.341 e. The maximum atomic E-state index is 13.3. The first-order valence-corrected chi connectivity index (χ1v) is 16.7. The molecule has 5 aromatic rings. The third-order valence-electron chi connectivity index (χ3n) is 7.87. The lowest BCUT2D eigenvalue weighted by Crippen LogP contribution is -2.29. The number of aromatic carboxylic acids is 1. The zero-order valence-corrected chi connectivity index (χ0v) is 27.1. The normalized spacial score (nSPS) is 12.7. The van der Waals surface area contributed by atoms with Gasteiger partial charge in [-0.1, -0.05) is 60.7 Å². The van der Waals surface area contributed by atoms with Crippen LogP contribution in [-0.4, -0.2) is 53.2 Å². The fourth-order valence-corrected chi connectivity index (χ4v) is 7.77. The number of carboxylic acid groups (broad SMARTS) is 1. The van der Waals surface area contributed by atoms with Crippen molar-refractivity contribution < 1.29 is 29.0 Å². The number of amides is 2. The molecule has 1 aromatic heterocycles. The summed E-state index contributed by atoms with van der Waals surface area (Å²) in [5.41, 5.74) is 3.38. The summed E-state index contributed by atoms with van der Waals surface area (Å²) in [7, 11) is 1.34. The SMILES string of the molecule is COC(=O)c1c(NC(=O)CSc2cccc(NC(=O)c3cccc4cccc(C(=O)O)c34)c2)sc2c1CCN(Cc1ccccc1)C2. The molecule has 0 saturated heterocycles. The van der Waals surface area contributed by atoms with Crippen LogP contribution >= 0.6 is 23.1 Å². The van der Waals surface area contributed by atoms with Gasteiger partial charge in [-0.15, -0.1) is 23.1 Å². The van der Waals surface area contributed by atoms with Crippen LogP contribution in [0.2, 0.25) is 0 Å². The van der Waals surface area contributed by atoms with E-state index in [1.165, 1.54) is 41.8 Å². The Bertz CT molecular complexity index is 1990. The highest BCUT2D eigenvalue weighted by molar-refractivity contribution is 8.00. The molecule has 0 radical (unpaired) electrons. The number of benzene rings is 4. The quantitative estimate of drug-likeness (QED) is 0.108. The number of methoxy groups -OCH3 is 1. The van der Waals surface area contributed by atoms with Crippen LogP contribution < -0.4 is 10.6 Å². The first-order valence-electron chi connectivity index (χ1n) is 14.9. The zero-order chi connectivity index (χ0) is 32.9. The van der Waals surface area contributed by atoms with E-state index >= 15 is 0 Å². The van der Waals surface area contributed by atoms with Crippen LogP contribution in [0, 0.1) is 0 Å². The third kappa shape index (κ3) is 7.22. The second-order valence-corrected chi connectivity index (χ2v) is 13.1. The van der Waals surface area contributed by atoms with Crippen molar-refractivity contribution in [3.8, 4) is 0 Å². The van der Waals surface area contributed by atoms with Gasteiger partial charge in [0.05, 0.1) is 24.0 Å². The summed E-state index contributed by atoms with van der Waals surface area (Å²) in [6.45, 7) is 2.27. The van der Waals surface area contributed by atoms with Gasteiger partial charge in [-0.25, -0.2) is 9.59 Å². The lowest BCUT2D eigenvalue weighted by atomic mass is 9.98. The van der Waals surface area contributed by atoms with E-state index in [1.54, 1.807) is 48.5 Å². The second-order valence-electron chi connectivity index (χ2n) is 11.0. The van der Waals surface area contributed by atoms with E-state index < -0.39 is 17.8 Å². The molecule has 1 aliphatic rings. The first-order chi connectivity index (χ1) is 22.8. The summed E-state index contributed by atoms with van der Waals surface area (Å²) in [5.74, 6) is -2.22. The van der Waals surface area contributed by atoms with Crippen LogP contribution in [0.15, 0.2) is 95.9 Å². The number of thiophene rings is 1. The van der Waals surface area contributed by atoms with Crippen LogP contribution in [0.5, 0.6) is 0 Å². The van der Waals surface area contributed by atoms with Gasteiger partial charge in [-0.2, -0.15) is 0 Å². The predicted octanol–water partition coefficient (Wildman–Crippen LogP) is 6.93. The molecule has 6 rings (SSSR count). The number of rotatable bonds is 10. The number of carboxylic acids is 1. The molecule has 11 heteroatoms. The van der Waals surface area contributed by atoms with Crippen molar-refractivity contribution >= 4 is 68.3 Å². The summed E-state index contributed by atoms with van der Waals surface area (Å²) in [6, 6.07) is 27.3. The summed E-state index contributed by atoms with van der Waals surface area (Å²) >= 11 is 2.70. The van der Waals surface area contributed by atoms with Gasteiger partial charge in [-0.3, -0.25) is 14.5 Å². The van der Waals surface area contributed by atoms with Crippen LogP contribution in [0.3, 0.4) is 0 Å². The second kappa shape index (κ2) is 14.2. The number of hydrogen-bond donors (Lipinski definition) is 3. The minimum atomic E-state index is -1.11. The number of fused-ring (bicyclic) bond motifs is 2. The molecule has 0 unspecified atom stereocenters. The Kier molecular flexibility index (Phi) is 9.67. The van der Waals surface area contributed by atoms with Crippen molar-refractivity contribution in [3.63, 3.8) is 0 Å². The van der Waals surface area contributed by atoms with Gasteiger partial charge in [0.2, 0.25) is 5.91 Å². The number of carbonyl (C=O) groups excluding carboxylic acids is 3. The van der Waals surface area contributed by atoms with Crippen LogP contribution in [-0.2, 0) is 29.0 Å². The summed E-state index contributed by atoms with van der Waals surface area (Å²) in [5, 5.41) is 17.0. The van der Waals surface area contributed by atoms with E-state index in [9.17, 15) is 24.3 Å².